The van der Waals surface area contributed by atoms with E-state index in [2.05, 4.69) is 0 Å². The van der Waals surface area contributed by atoms with Gasteiger partial charge in [-0.25, -0.2) is 0 Å². The van der Waals surface area contributed by atoms with Crippen LogP contribution in [-0.2, 0) is 0 Å². The van der Waals surface area contributed by atoms with Gasteiger partial charge in [-0.05, 0) is 18.6 Å². The number of fused-ring (bicyclic) bond motifs is 1. The zero-order valence-electron chi connectivity index (χ0n) is 6.63. The molecule has 1 aliphatic rings. The topological polar surface area (TPSA) is 46.5 Å². The molecule has 1 aromatic rings. The van der Waals surface area contributed by atoms with Crippen molar-refractivity contribution in [1.29, 1.82) is 0 Å². The van der Waals surface area contributed by atoms with E-state index in [1.54, 1.807) is 13.0 Å². The molecule has 0 aromatic heterocycles. The Morgan fingerprint density at radius 1 is 1.50 bits per heavy atom. The third-order valence-corrected chi connectivity index (χ3v) is 1.96. The first-order chi connectivity index (χ1) is 5.68. The van der Waals surface area contributed by atoms with Crippen molar-refractivity contribution in [2.24, 2.45) is 0 Å². The van der Waals surface area contributed by atoms with Crippen LogP contribution in [0.25, 0.3) is 0 Å². The Hall–Kier alpha value is -1.51. The Labute approximate surface area is 69.6 Å². The Bertz CT molecular complexity index is 355. The molecule has 1 heterocycles. The Balaban J connectivity index is 2.63. The number of benzene rings is 1. The molecule has 0 saturated heterocycles. The summed E-state index contributed by atoms with van der Waals surface area (Å²) in [5.41, 5.74) is 1.28. The Morgan fingerprint density at radius 3 is 3.00 bits per heavy atom. The van der Waals surface area contributed by atoms with Gasteiger partial charge in [-0.15, -0.1) is 0 Å². The summed E-state index contributed by atoms with van der Waals surface area (Å²) < 4.78 is 5.04. The van der Waals surface area contributed by atoms with Crippen molar-refractivity contribution in [3.63, 3.8) is 0 Å². The second kappa shape index (κ2) is 2.24. The third-order valence-electron chi connectivity index (χ3n) is 1.96. The van der Waals surface area contributed by atoms with E-state index in [9.17, 15) is 9.90 Å². The second-order valence-electron chi connectivity index (χ2n) is 2.85. The van der Waals surface area contributed by atoms with E-state index in [1.165, 1.54) is 6.07 Å². The minimum absolute atomic E-state index is 0.0203. The third kappa shape index (κ3) is 0.863. The normalized spacial score (nSPS) is 14.2. The molecule has 12 heavy (non-hydrogen) atoms. The maximum atomic E-state index is 11.1. The molecular formula is C9H8O3. The summed E-state index contributed by atoms with van der Waals surface area (Å²) in [7, 11) is 0. The lowest BCUT2D eigenvalue weighted by Crippen LogP contribution is -1.98. The molecule has 0 unspecified atom stereocenters. The second-order valence-corrected chi connectivity index (χ2v) is 2.85. The number of carbonyl (C=O) groups is 1. The lowest BCUT2D eigenvalue weighted by atomic mass is 10.1. The van der Waals surface area contributed by atoms with Crippen LogP contribution in [-0.4, -0.2) is 17.5 Å². The fourth-order valence-corrected chi connectivity index (χ4v) is 1.24. The zero-order valence-corrected chi connectivity index (χ0v) is 6.63. The van der Waals surface area contributed by atoms with Crippen LogP contribution >= 0.6 is 0 Å². The molecule has 0 bridgehead atoms. The van der Waals surface area contributed by atoms with Crippen LogP contribution in [0, 0.1) is 6.92 Å². The molecule has 1 aromatic carbocycles. The monoisotopic (exact) mass is 164 g/mol. The van der Waals surface area contributed by atoms with Crippen LogP contribution < -0.4 is 4.74 Å². The van der Waals surface area contributed by atoms with E-state index in [1.807, 2.05) is 0 Å². The van der Waals surface area contributed by atoms with E-state index >= 15 is 0 Å². The number of ketones is 1. The number of phenolic OH excluding ortho intramolecular Hbond substituents is 1. The van der Waals surface area contributed by atoms with Gasteiger partial charge in [-0.2, -0.15) is 0 Å². The van der Waals surface area contributed by atoms with Crippen LogP contribution in [0.3, 0.4) is 0 Å². The largest absolute Gasteiger partial charge is 0.508 e. The van der Waals surface area contributed by atoms with Crippen molar-refractivity contribution in [3.05, 3.63) is 23.3 Å². The average molecular weight is 164 g/mol. The van der Waals surface area contributed by atoms with Crippen LogP contribution in [0.1, 0.15) is 15.9 Å². The minimum atomic E-state index is -0.0203. The number of hydrogen-bond donors (Lipinski definition) is 1. The average Bonchev–Trinajstić information content (AvgIpc) is 2.35. The predicted octanol–water partition coefficient (Wildman–Crippen LogP) is 1.28. The number of rotatable bonds is 0. The van der Waals surface area contributed by atoms with Gasteiger partial charge in [0.1, 0.15) is 11.5 Å². The first kappa shape index (κ1) is 7.16. The van der Waals surface area contributed by atoms with Gasteiger partial charge in [-0.1, -0.05) is 0 Å². The van der Waals surface area contributed by atoms with E-state index < -0.39 is 0 Å². The van der Waals surface area contributed by atoms with Gasteiger partial charge in [-0.3, -0.25) is 4.79 Å². The van der Waals surface area contributed by atoms with E-state index in [0.717, 1.165) is 0 Å². The van der Waals surface area contributed by atoms with Gasteiger partial charge in [0, 0.05) is 6.07 Å². The Kier molecular flexibility index (Phi) is 1.33. The number of aryl methyl sites for hydroxylation is 1. The van der Waals surface area contributed by atoms with Crippen molar-refractivity contribution >= 4 is 5.78 Å². The molecule has 0 radical (unpaired) electrons. The SMILES string of the molecule is Cc1cc2c(cc1O)OCC2=O. The summed E-state index contributed by atoms with van der Waals surface area (Å²) in [6.07, 6.45) is 0. The van der Waals surface area contributed by atoms with Gasteiger partial charge in [0.15, 0.2) is 6.61 Å². The first-order valence-corrected chi connectivity index (χ1v) is 3.68. The first-order valence-electron chi connectivity index (χ1n) is 3.68. The highest BCUT2D eigenvalue weighted by Gasteiger charge is 2.21. The molecule has 62 valence electrons. The van der Waals surface area contributed by atoms with E-state index in [-0.39, 0.29) is 18.1 Å². The highest BCUT2D eigenvalue weighted by atomic mass is 16.5. The molecule has 0 aliphatic carbocycles. The summed E-state index contributed by atoms with van der Waals surface area (Å²) in [6.45, 7) is 1.85. The number of aromatic hydroxyl groups is 1. The maximum absolute atomic E-state index is 11.1. The summed E-state index contributed by atoms with van der Waals surface area (Å²) in [6, 6.07) is 3.13. The number of Topliss-reactive ketones (excluding diaryl/α,β-unsaturated/α-hetero) is 1. The molecule has 3 heteroatoms. The standard InChI is InChI=1S/C9H8O3/c1-5-2-6-8(11)4-12-9(6)3-7(5)10/h2-3,10H,4H2,1H3. The molecule has 0 fully saturated rings. The maximum Gasteiger partial charge on any atom is 0.203 e. The van der Waals surface area contributed by atoms with Gasteiger partial charge in [0.05, 0.1) is 5.56 Å². The number of ether oxygens (including phenoxy) is 1. The summed E-state index contributed by atoms with van der Waals surface area (Å²) in [5, 5.41) is 9.28. The smallest absolute Gasteiger partial charge is 0.203 e. The molecule has 1 aliphatic heterocycles. The number of carbonyl (C=O) groups excluding carboxylic acids is 1. The quantitative estimate of drug-likeness (QED) is 0.628. The predicted molar refractivity (Wildman–Crippen MR) is 42.7 cm³/mol. The van der Waals surface area contributed by atoms with Crippen LogP contribution in [0.15, 0.2) is 12.1 Å². The fourth-order valence-electron chi connectivity index (χ4n) is 1.24. The zero-order chi connectivity index (χ0) is 8.72. The summed E-state index contributed by atoms with van der Waals surface area (Å²) >= 11 is 0. The molecule has 0 amide bonds. The van der Waals surface area contributed by atoms with Gasteiger partial charge >= 0.3 is 0 Å². The Morgan fingerprint density at radius 2 is 2.25 bits per heavy atom. The fraction of sp³-hybridized carbons (Fsp3) is 0.222. The molecule has 2 rings (SSSR count). The van der Waals surface area contributed by atoms with Crippen molar-refractivity contribution in [2.75, 3.05) is 6.61 Å². The van der Waals surface area contributed by atoms with Crippen molar-refractivity contribution in [3.8, 4) is 11.5 Å². The summed E-state index contributed by atoms with van der Waals surface area (Å²) in [4.78, 5) is 11.1. The van der Waals surface area contributed by atoms with Crippen LogP contribution in [0.4, 0.5) is 0 Å². The van der Waals surface area contributed by atoms with Gasteiger partial charge < -0.3 is 9.84 Å². The lowest BCUT2D eigenvalue weighted by Gasteiger charge is -2.00. The van der Waals surface area contributed by atoms with Crippen molar-refractivity contribution < 1.29 is 14.6 Å². The van der Waals surface area contributed by atoms with Crippen molar-refractivity contribution in [2.45, 2.75) is 6.92 Å². The van der Waals surface area contributed by atoms with Crippen molar-refractivity contribution in [1.82, 2.24) is 0 Å². The molecule has 0 spiro atoms. The molecule has 3 nitrogen and oxygen atoms in total. The molecule has 0 saturated carbocycles. The minimum Gasteiger partial charge on any atom is -0.508 e. The van der Waals surface area contributed by atoms with E-state index in [0.29, 0.717) is 16.9 Å². The molecular weight excluding hydrogens is 156 g/mol. The number of hydrogen-bond acceptors (Lipinski definition) is 3. The van der Waals surface area contributed by atoms with Crippen LogP contribution in [0.2, 0.25) is 0 Å². The van der Waals surface area contributed by atoms with Gasteiger partial charge in [0.25, 0.3) is 0 Å². The van der Waals surface area contributed by atoms with Crippen LogP contribution in [0.5, 0.6) is 11.5 Å². The summed E-state index contributed by atoms with van der Waals surface area (Å²) in [5.74, 6) is 0.639. The molecule has 0 atom stereocenters. The lowest BCUT2D eigenvalue weighted by molar-refractivity contribution is 0.0961. The van der Waals surface area contributed by atoms with Gasteiger partial charge in [0.2, 0.25) is 5.78 Å². The highest BCUT2D eigenvalue weighted by Crippen LogP contribution is 2.31. The van der Waals surface area contributed by atoms with E-state index in [4.69, 9.17) is 4.74 Å². The number of phenols is 1. The molecule has 1 N–H and O–H groups in total. The highest BCUT2D eigenvalue weighted by molar-refractivity contribution is 6.02.